The van der Waals surface area contributed by atoms with Crippen LogP contribution in [0.25, 0.3) is 11.1 Å². The van der Waals surface area contributed by atoms with Gasteiger partial charge in [0.25, 0.3) is 0 Å². The molecule has 2 heterocycles. The minimum absolute atomic E-state index is 0.201. The summed E-state index contributed by atoms with van der Waals surface area (Å²) in [5.74, 6) is -0.673. The average molecular weight is 467 g/mol. The molecule has 0 saturated carbocycles. The summed E-state index contributed by atoms with van der Waals surface area (Å²) in [4.78, 5) is 15.9. The summed E-state index contributed by atoms with van der Waals surface area (Å²) < 4.78 is 11.6. The minimum Gasteiger partial charge on any atom is -0.496 e. The molecule has 182 valence electrons. The molecule has 4 rings (SSSR count). The van der Waals surface area contributed by atoms with Crippen LogP contribution in [-0.2, 0) is 16.1 Å². The maximum absolute atomic E-state index is 11.3. The number of likely N-dealkylation sites (N-methyl/N-ethyl adjacent to an activating group) is 2. The van der Waals surface area contributed by atoms with Crippen LogP contribution in [0.4, 0.5) is 0 Å². The maximum atomic E-state index is 11.3. The smallest absolute Gasteiger partial charge is 0.352 e. The Kier molecular flexibility index (Phi) is 7.50. The van der Waals surface area contributed by atoms with Crippen LogP contribution in [0.3, 0.4) is 0 Å². The Labute approximate surface area is 201 Å². The topological polar surface area (TPSA) is 81.1 Å². The second kappa shape index (κ2) is 10.5. The summed E-state index contributed by atoms with van der Waals surface area (Å²) >= 11 is 0. The van der Waals surface area contributed by atoms with E-state index in [1.807, 2.05) is 23.2 Å². The predicted molar refractivity (Wildman–Crippen MR) is 132 cm³/mol. The Bertz CT molecular complexity index is 1020. The van der Waals surface area contributed by atoms with Crippen LogP contribution >= 0.6 is 0 Å². The number of hydrogen-bond acceptors (Lipinski definition) is 7. The molecule has 0 aliphatic carbocycles. The second-order valence-electron chi connectivity index (χ2n) is 8.60. The molecule has 8 nitrogen and oxygen atoms in total. The van der Waals surface area contributed by atoms with Crippen molar-refractivity contribution in [3.05, 3.63) is 54.1 Å². The normalized spacial score (nSPS) is 19.6. The standard InChI is InChI=1S/C26H34N4O4/c1-4-28(18-22-12-11-21(17-24(22)33-3)20-9-7-6-8-10-20)15-16-29(5-2)26(19-34-26)30-14-13-23(27-30)25(31)32/h6-12,17H,4-5,13-16,18-19H2,1-3H3,(H,31,32). The van der Waals surface area contributed by atoms with Crippen LogP contribution in [0.2, 0.25) is 0 Å². The van der Waals surface area contributed by atoms with Gasteiger partial charge in [-0.15, -0.1) is 0 Å². The first-order valence-electron chi connectivity index (χ1n) is 11.9. The van der Waals surface area contributed by atoms with Crippen LogP contribution in [-0.4, -0.2) is 83.9 Å². The van der Waals surface area contributed by atoms with Crippen LogP contribution in [0.15, 0.2) is 53.6 Å². The number of carbonyl (C=O) groups is 1. The molecule has 34 heavy (non-hydrogen) atoms. The molecule has 0 aromatic heterocycles. The SMILES string of the molecule is CCN(CCN(CC)C1(N2CCC(C(=O)O)=N2)CO1)Cc1ccc(-c2ccccc2)cc1OC. The molecule has 1 unspecified atom stereocenters. The number of ether oxygens (including phenoxy) is 2. The van der Waals surface area contributed by atoms with E-state index < -0.39 is 11.8 Å². The Morgan fingerprint density at radius 2 is 1.91 bits per heavy atom. The zero-order valence-electron chi connectivity index (χ0n) is 20.2. The molecule has 2 aliphatic rings. The van der Waals surface area contributed by atoms with E-state index in [1.54, 1.807) is 7.11 Å². The third kappa shape index (κ3) is 5.09. The highest BCUT2D eigenvalue weighted by Crippen LogP contribution is 2.37. The van der Waals surface area contributed by atoms with Gasteiger partial charge in [-0.05, 0) is 30.3 Å². The molecule has 0 radical (unpaired) electrons. The number of methoxy groups -OCH3 is 1. The zero-order valence-corrected chi connectivity index (χ0v) is 20.2. The molecule has 2 aliphatic heterocycles. The number of hydrogen-bond donors (Lipinski definition) is 1. The van der Waals surface area contributed by atoms with Crippen molar-refractivity contribution in [1.29, 1.82) is 0 Å². The fourth-order valence-electron chi connectivity index (χ4n) is 4.54. The van der Waals surface area contributed by atoms with Gasteiger partial charge in [-0.1, -0.05) is 56.3 Å². The molecule has 1 atom stereocenters. The first kappa shape index (κ1) is 24.2. The monoisotopic (exact) mass is 466 g/mol. The molecule has 0 bridgehead atoms. The van der Waals surface area contributed by atoms with Gasteiger partial charge >= 0.3 is 5.97 Å². The molecular weight excluding hydrogens is 432 g/mol. The second-order valence-corrected chi connectivity index (χ2v) is 8.60. The van der Waals surface area contributed by atoms with E-state index in [1.165, 1.54) is 5.56 Å². The summed E-state index contributed by atoms with van der Waals surface area (Å²) in [5.41, 5.74) is 3.66. The van der Waals surface area contributed by atoms with Crippen molar-refractivity contribution in [1.82, 2.24) is 14.8 Å². The largest absolute Gasteiger partial charge is 0.496 e. The first-order valence-corrected chi connectivity index (χ1v) is 11.9. The van der Waals surface area contributed by atoms with Crippen molar-refractivity contribution in [2.75, 3.05) is 46.4 Å². The summed E-state index contributed by atoms with van der Waals surface area (Å²) in [6.45, 7) is 9.49. The number of epoxide rings is 1. The molecule has 1 N–H and O–H groups in total. The van der Waals surface area contributed by atoms with E-state index in [2.05, 4.69) is 59.1 Å². The Morgan fingerprint density at radius 3 is 2.50 bits per heavy atom. The van der Waals surface area contributed by atoms with E-state index in [0.29, 0.717) is 19.6 Å². The van der Waals surface area contributed by atoms with E-state index in [0.717, 1.165) is 49.6 Å². The van der Waals surface area contributed by atoms with E-state index in [-0.39, 0.29) is 5.71 Å². The highest BCUT2D eigenvalue weighted by molar-refractivity contribution is 6.35. The van der Waals surface area contributed by atoms with Crippen LogP contribution in [0, 0.1) is 0 Å². The number of benzene rings is 2. The summed E-state index contributed by atoms with van der Waals surface area (Å²) in [6.07, 6.45) is 0.442. The lowest BCUT2D eigenvalue weighted by atomic mass is 10.0. The van der Waals surface area contributed by atoms with E-state index >= 15 is 0 Å². The van der Waals surface area contributed by atoms with Crippen LogP contribution < -0.4 is 4.74 Å². The highest BCUT2D eigenvalue weighted by atomic mass is 16.6. The van der Waals surface area contributed by atoms with Gasteiger partial charge in [-0.2, -0.15) is 5.10 Å². The summed E-state index contributed by atoms with van der Waals surface area (Å²) in [7, 11) is 1.72. The van der Waals surface area contributed by atoms with Gasteiger partial charge in [0.2, 0.25) is 5.85 Å². The molecule has 2 aromatic carbocycles. The Morgan fingerprint density at radius 1 is 1.15 bits per heavy atom. The summed E-state index contributed by atoms with van der Waals surface area (Å²) in [5, 5.41) is 15.4. The Hall–Kier alpha value is -2.94. The van der Waals surface area contributed by atoms with Gasteiger partial charge in [-0.3, -0.25) is 9.80 Å². The van der Waals surface area contributed by atoms with Crippen LogP contribution in [0.1, 0.15) is 25.8 Å². The number of hydrazone groups is 1. The van der Waals surface area contributed by atoms with Gasteiger partial charge in [0.05, 0.1) is 7.11 Å². The van der Waals surface area contributed by atoms with Crippen molar-refractivity contribution >= 4 is 11.7 Å². The predicted octanol–water partition coefficient (Wildman–Crippen LogP) is 3.34. The van der Waals surface area contributed by atoms with Gasteiger partial charge in [0, 0.05) is 38.2 Å². The molecule has 8 heteroatoms. The lowest BCUT2D eigenvalue weighted by Gasteiger charge is -2.34. The van der Waals surface area contributed by atoms with Crippen molar-refractivity contribution in [3.63, 3.8) is 0 Å². The number of carboxylic acid groups (broad SMARTS) is 1. The molecular formula is C26H34N4O4. The van der Waals surface area contributed by atoms with Crippen LogP contribution in [0.5, 0.6) is 5.75 Å². The molecule has 2 aromatic rings. The highest BCUT2D eigenvalue weighted by Gasteiger charge is 2.56. The van der Waals surface area contributed by atoms with E-state index in [9.17, 15) is 9.90 Å². The van der Waals surface area contributed by atoms with Gasteiger partial charge in [-0.25, -0.2) is 9.80 Å². The minimum atomic E-state index is -0.953. The number of nitrogens with zero attached hydrogens (tertiary/aromatic N) is 4. The summed E-state index contributed by atoms with van der Waals surface area (Å²) in [6, 6.07) is 16.7. The fraction of sp³-hybridized carbons (Fsp3) is 0.462. The quantitative estimate of drug-likeness (QED) is 0.481. The van der Waals surface area contributed by atoms with Crippen molar-refractivity contribution in [2.45, 2.75) is 32.7 Å². The van der Waals surface area contributed by atoms with Crippen molar-refractivity contribution in [2.24, 2.45) is 5.10 Å². The van der Waals surface area contributed by atoms with Crippen molar-refractivity contribution < 1.29 is 19.4 Å². The molecule has 1 fully saturated rings. The molecule has 0 spiro atoms. The number of carboxylic acids is 1. The zero-order chi connectivity index (χ0) is 24.1. The lowest BCUT2D eigenvalue weighted by Crippen LogP contribution is -2.51. The van der Waals surface area contributed by atoms with Gasteiger partial charge in [0.15, 0.2) is 0 Å². The maximum Gasteiger partial charge on any atom is 0.352 e. The van der Waals surface area contributed by atoms with Gasteiger partial charge < -0.3 is 14.6 Å². The number of aliphatic carboxylic acids is 1. The van der Waals surface area contributed by atoms with Gasteiger partial charge in [0.1, 0.15) is 18.1 Å². The first-order chi connectivity index (χ1) is 16.5. The third-order valence-corrected chi connectivity index (χ3v) is 6.65. The molecule has 1 saturated heterocycles. The fourth-order valence-corrected chi connectivity index (χ4v) is 4.54. The van der Waals surface area contributed by atoms with E-state index in [4.69, 9.17) is 9.47 Å². The Balaban J connectivity index is 1.41. The molecule has 0 amide bonds. The average Bonchev–Trinajstić information content (AvgIpc) is 3.50. The third-order valence-electron chi connectivity index (χ3n) is 6.65. The lowest BCUT2D eigenvalue weighted by molar-refractivity contribution is -0.129. The van der Waals surface area contributed by atoms with Crippen molar-refractivity contribution in [3.8, 4) is 16.9 Å². The number of rotatable bonds is 12.